The van der Waals surface area contributed by atoms with E-state index in [-0.39, 0.29) is 30.3 Å². The molecular formula is C17H28ClN7O. The summed E-state index contributed by atoms with van der Waals surface area (Å²) in [6.45, 7) is 6.41. The molecule has 0 spiro atoms. The predicted molar refractivity (Wildman–Crippen MR) is 103 cm³/mol. The lowest BCUT2D eigenvalue weighted by molar-refractivity contribution is -0.126. The lowest BCUT2D eigenvalue weighted by Gasteiger charge is -2.32. The molecule has 3 N–H and O–H groups in total. The molecular weight excluding hydrogens is 354 g/mol. The number of nitrogens with one attached hydrogen (secondary N) is 1. The summed E-state index contributed by atoms with van der Waals surface area (Å²) in [6.07, 6.45) is 4.17. The van der Waals surface area contributed by atoms with Crippen molar-refractivity contribution >= 4 is 29.8 Å². The van der Waals surface area contributed by atoms with Gasteiger partial charge in [-0.1, -0.05) is 13.8 Å². The maximum Gasteiger partial charge on any atom is 0.223 e. The maximum atomic E-state index is 12.5. The van der Waals surface area contributed by atoms with Crippen molar-refractivity contribution in [1.82, 2.24) is 25.1 Å². The first-order valence-corrected chi connectivity index (χ1v) is 8.99. The van der Waals surface area contributed by atoms with Crippen LogP contribution in [-0.2, 0) is 4.79 Å². The fourth-order valence-corrected chi connectivity index (χ4v) is 3.36. The minimum absolute atomic E-state index is 0. The maximum absolute atomic E-state index is 12.5. The van der Waals surface area contributed by atoms with Crippen LogP contribution in [-0.4, -0.2) is 51.4 Å². The molecule has 1 aliphatic heterocycles. The number of anilines is 1. The number of aromatic nitrogens is 4. The molecule has 0 radical (unpaired) electrons. The van der Waals surface area contributed by atoms with Crippen LogP contribution < -0.4 is 16.0 Å². The normalized spacial score (nSPS) is 16.5. The van der Waals surface area contributed by atoms with Crippen molar-refractivity contribution in [2.75, 3.05) is 24.5 Å². The van der Waals surface area contributed by atoms with Gasteiger partial charge in [-0.2, -0.15) is 4.52 Å². The van der Waals surface area contributed by atoms with E-state index in [1.54, 1.807) is 10.8 Å². The highest BCUT2D eigenvalue weighted by atomic mass is 35.5. The average molecular weight is 382 g/mol. The van der Waals surface area contributed by atoms with Crippen molar-refractivity contribution in [1.29, 1.82) is 0 Å². The molecule has 1 amide bonds. The molecule has 2 aromatic heterocycles. The molecule has 8 nitrogen and oxygen atoms in total. The summed E-state index contributed by atoms with van der Waals surface area (Å²) in [7, 11) is 0. The molecule has 1 unspecified atom stereocenters. The van der Waals surface area contributed by atoms with Gasteiger partial charge >= 0.3 is 0 Å². The molecule has 0 aliphatic carbocycles. The van der Waals surface area contributed by atoms with Crippen molar-refractivity contribution in [2.24, 2.45) is 17.6 Å². The number of piperidine rings is 1. The number of hydrogen-bond acceptors (Lipinski definition) is 6. The second-order valence-corrected chi connectivity index (χ2v) is 7.16. The van der Waals surface area contributed by atoms with E-state index in [0.717, 1.165) is 43.8 Å². The number of halogens is 1. The number of hydrogen-bond donors (Lipinski definition) is 2. The van der Waals surface area contributed by atoms with E-state index >= 15 is 0 Å². The summed E-state index contributed by atoms with van der Waals surface area (Å²) in [5, 5.41) is 15.5. The monoisotopic (exact) mass is 381 g/mol. The first-order chi connectivity index (χ1) is 12.1. The lowest BCUT2D eigenvalue weighted by atomic mass is 9.94. The Morgan fingerprint density at radius 3 is 2.73 bits per heavy atom. The molecule has 0 saturated carbocycles. The van der Waals surface area contributed by atoms with E-state index in [1.807, 2.05) is 12.1 Å². The molecule has 144 valence electrons. The summed E-state index contributed by atoms with van der Waals surface area (Å²) in [5.74, 6) is 1.61. The van der Waals surface area contributed by atoms with E-state index in [1.165, 1.54) is 0 Å². The van der Waals surface area contributed by atoms with E-state index < -0.39 is 0 Å². The molecule has 1 atom stereocenters. The summed E-state index contributed by atoms with van der Waals surface area (Å²) in [5.41, 5.74) is 6.52. The van der Waals surface area contributed by atoms with Gasteiger partial charge in [-0.15, -0.1) is 27.7 Å². The summed E-state index contributed by atoms with van der Waals surface area (Å²) in [6, 6.07) is 3.94. The van der Waals surface area contributed by atoms with Crippen LogP contribution in [0.1, 0.15) is 33.1 Å². The number of carbonyl (C=O) groups is 1. The second-order valence-electron chi connectivity index (χ2n) is 7.16. The van der Waals surface area contributed by atoms with Crippen LogP contribution in [0, 0.1) is 11.8 Å². The highest BCUT2D eigenvalue weighted by molar-refractivity contribution is 5.85. The van der Waals surface area contributed by atoms with Gasteiger partial charge in [-0.05, 0) is 37.3 Å². The molecule has 1 aliphatic rings. The Bertz CT molecular complexity index is 712. The topological polar surface area (TPSA) is 101 Å². The van der Waals surface area contributed by atoms with E-state index in [9.17, 15) is 4.79 Å². The van der Waals surface area contributed by atoms with Gasteiger partial charge in [-0.3, -0.25) is 4.79 Å². The number of nitrogens with two attached hydrogens (primary N) is 1. The largest absolute Gasteiger partial charge is 0.355 e. The third-order valence-electron chi connectivity index (χ3n) is 4.72. The lowest BCUT2D eigenvalue weighted by Crippen LogP contribution is -2.46. The fourth-order valence-electron chi connectivity index (χ4n) is 3.36. The Kier molecular flexibility index (Phi) is 7.16. The summed E-state index contributed by atoms with van der Waals surface area (Å²) < 4.78 is 1.67. The Morgan fingerprint density at radius 2 is 2.08 bits per heavy atom. The first kappa shape index (κ1) is 20.4. The summed E-state index contributed by atoms with van der Waals surface area (Å²) >= 11 is 0. The fraction of sp³-hybridized carbons (Fsp3) is 0.647. The molecule has 1 fully saturated rings. The van der Waals surface area contributed by atoms with Crippen molar-refractivity contribution in [3.8, 4) is 0 Å². The van der Waals surface area contributed by atoms with Crippen LogP contribution in [0.15, 0.2) is 18.5 Å². The van der Waals surface area contributed by atoms with Gasteiger partial charge in [0.05, 0.1) is 0 Å². The van der Waals surface area contributed by atoms with Crippen molar-refractivity contribution in [3.05, 3.63) is 18.5 Å². The zero-order valence-corrected chi connectivity index (χ0v) is 16.2. The van der Waals surface area contributed by atoms with Crippen LogP contribution in [0.3, 0.4) is 0 Å². The van der Waals surface area contributed by atoms with Gasteiger partial charge < -0.3 is 16.0 Å². The number of nitrogens with zero attached hydrogens (tertiary/aromatic N) is 5. The first-order valence-electron chi connectivity index (χ1n) is 8.99. The number of amides is 1. The molecule has 0 bridgehead atoms. The molecule has 3 rings (SSSR count). The van der Waals surface area contributed by atoms with Crippen LogP contribution in [0.2, 0.25) is 0 Å². The third kappa shape index (κ3) is 4.82. The third-order valence-corrected chi connectivity index (χ3v) is 4.72. The van der Waals surface area contributed by atoms with E-state index in [0.29, 0.717) is 12.5 Å². The average Bonchev–Trinajstić information content (AvgIpc) is 3.08. The Labute approximate surface area is 159 Å². The highest BCUT2D eigenvalue weighted by Gasteiger charge is 2.27. The zero-order valence-electron chi connectivity index (χ0n) is 15.3. The SMILES string of the molecule is CC(C)CC(CN)NC(=O)C1CCN(c2ccc3nncn3n2)CC1.Cl. The number of rotatable bonds is 6. The minimum Gasteiger partial charge on any atom is -0.355 e. The zero-order chi connectivity index (χ0) is 17.8. The number of fused-ring (bicyclic) bond motifs is 1. The van der Waals surface area contributed by atoms with Crippen molar-refractivity contribution < 1.29 is 4.79 Å². The van der Waals surface area contributed by atoms with Crippen molar-refractivity contribution in [3.63, 3.8) is 0 Å². The summed E-state index contributed by atoms with van der Waals surface area (Å²) in [4.78, 5) is 14.7. The molecule has 26 heavy (non-hydrogen) atoms. The molecule has 1 saturated heterocycles. The van der Waals surface area contributed by atoms with Crippen molar-refractivity contribution in [2.45, 2.75) is 39.2 Å². The molecule has 3 heterocycles. The Hall–Kier alpha value is -1.93. The number of carbonyl (C=O) groups excluding carboxylic acids is 1. The van der Waals surface area contributed by atoms with Gasteiger partial charge in [-0.25, -0.2) is 0 Å². The van der Waals surface area contributed by atoms with Gasteiger partial charge in [0.15, 0.2) is 5.65 Å². The standard InChI is InChI=1S/C17H27N7O.ClH/c1-12(2)9-14(10-18)20-17(25)13-5-7-23(8-6-13)16-4-3-15-21-19-11-24(15)22-16;/h3-4,11-14H,5-10,18H2,1-2H3,(H,20,25);1H. The van der Waals surface area contributed by atoms with Gasteiger partial charge in [0, 0.05) is 31.6 Å². The Balaban J connectivity index is 0.00000243. The van der Waals surface area contributed by atoms with Crippen LogP contribution >= 0.6 is 12.4 Å². The van der Waals surface area contributed by atoms with E-state index in [4.69, 9.17) is 5.73 Å². The highest BCUT2D eigenvalue weighted by Crippen LogP contribution is 2.22. The van der Waals surface area contributed by atoms with E-state index in [2.05, 4.69) is 39.4 Å². The second kappa shape index (κ2) is 9.14. The van der Waals surface area contributed by atoms with Crippen LogP contribution in [0.4, 0.5) is 5.82 Å². The minimum atomic E-state index is 0. The van der Waals surface area contributed by atoms with Gasteiger partial charge in [0.1, 0.15) is 12.1 Å². The predicted octanol–water partition coefficient (Wildman–Crippen LogP) is 1.25. The molecule has 9 heteroatoms. The van der Waals surface area contributed by atoms with Crippen LogP contribution in [0.5, 0.6) is 0 Å². The van der Waals surface area contributed by atoms with Gasteiger partial charge in [0.25, 0.3) is 0 Å². The quantitative estimate of drug-likeness (QED) is 0.780. The Morgan fingerprint density at radius 1 is 1.35 bits per heavy atom. The molecule has 2 aromatic rings. The smallest absolute Gasteiger partial charge is 0.223 e. The van der Waals surface area contributed by atoms with Crippen LogP contribution in [0.25, 0.3) is 5.65 Å². The molecule has 0 aromatic carbocycles. The van der Waals surface area contributed by atoms with Gasteiger partial charge in [0.2, 0.25) is 5.91 Å².